The summed E-state index contributed by atoms with van der Waals surface area (Å²) in [5, 5.41) is 20.2. The summed E-state index contributed by atoms with van der Waals surface area (Å²) in [5.74, 6) is -3.10. The van der Waals surface area contributed by atoms with Crippen LogP contribution in [0, 0.1) is 13.8 Å². The quantitative estimate of drug-likeness (QED) is 0.759. The maximum atomic E-state index is 12.0. The van der Waals surface area contributed by atoms with Gasteiger partial charge in [-0.3, -0.25) is 9.59 Å². The first-order valence-electron chi connectivity index (χ1n) is 5.62. The lowest BCUT2D eigenvalue weighted by Gasteiger charge is -2.14. The Hall–Kier alpha value is -2.37. The number of carboxylic acids is 2. The molecule has 19 heavy (non-hydrogen) atoms. The monoisotopic (exact) mass is 265 g/mol. The highest BCUT2D eigenvalue weighted by atomic mass is 16.4. The van der Waals surface area contributed by atoms with E-state index >= 15 is 0 Å². The molecule has 1 unspecified atom stereocenters. The molecule has 1 amide bonds. The predicted octanol–water partition coefficient (Wildman–Crippen LogP) is 1.20. The van der Waals surface area contributed by atoms with Crippen molar-refractivity contribution in [2.75, 3.05) is 0 Å². The fourth-order valence-corrected chi connectivity index (χ4v) is 1.71. The molecule has 1 atom stereocenters. The van der Waals surface area contributed by atoms with E-state index in [-0.39, 0.29) is 11.1 Å². The molecule has 0 radical (unpaired) electrons. The van der Waals surface area contributed by atoms with Crippen molar-refractivity contribution in [3.8, 4) is 0 Å². The molecule has 0 aliphatic rings. The minimum absolute atomic E-state index is 0.000556. The molecule has 0 heterocycles. The van der Waals surface area contributed by atoms with Crippen molar-refractivity contribution in [1.82, 2.24) is 5.32 Å². The smallest absolute Gasteiger partial charge is 0.336 e. The van der Waals surface area contributed by atoms with Crippen molar-refractivity contribution in [2.45, 2.75) is 26.8 Å². The van der Waals surface area contributed by atoms with E-state index in [0.29, 0.717) is 11.1 Å². The Morgan fingerprint density at radius 2 is 1.53 bits per heavy atom. The number of hydrogen-bond acceptors (Lipinski definition) is 3. The van der Waals surface area contributed by atoms with Gasteiger partial charge < -0.3 is 15.5 Å². The van der Waals surface area contributed by atoms with Crippen LogP contribution in [0.25, 0.3) is 0 Å². The van der Waals surface area contributed by atoms with Gasteiger partial charge in [0, 0.05) is 0 Å². The highest BCUT2D eigenvalue weighted by molar-refractivity contribution is 6.07. The van der Waals surface area contributed by atoms with Gasteiger partial charge in [-0.25, -0.2) is 4.79 Å². The van der Waals surface area contributed by atoms with Crippen LogP contribution in [0.1, 0.15) is 38.8 Å². The third-order valence-electron chi connectivity index (χ3n) is 2.78. The SMILES string of the molecule is Cc1ccc(C)c(C(=O)NC(C)C(=O)O)c1C(=O)O. The maximum absolute atomic E-state index is 12.0. The van der Waals surface area contributed by atoms with Gasteiger partial charge in [-0.05, 0) is 31.9 Å². The molecule has 3 N–H and O–H groups in total. The van der Waals surface area contributed by atoms with Gasteiger partial charge in [0.2, 0.25) is 0 Å². The van der Waals surface area contributed by atoms with Gasteiger partial charge >= 0.3 is 11.9 Å². The molecular formula is C13H15NO5. The Morgan fingerprint density at radius 3 is 1.95 bits per heavy atom. The molecule has 1 rings (SSSR count). The van der Waals surface area contributed by atoms with Crippen LogP contribution in [0.2, 0.25) is 0 Å². The second-order valence-corrected chi connectivity index (χ2v) is 4.29. The summed E-state index contributed by atoms with van der Waals surface area (Å²) in [7, 11) is 0. The molecule has 1 aromatic carbocycles. The van der Waals surface area contributed by atoms with Crippen LogP contribution in [0.15, 0.2) is 12.1 Å². The number of benzene rings is 1. The molecule has 0 fully saturated rings. The highest BCUT2D eigenvalue weighted by Gasteiger charge is 2.23. The molecule has 0 saturated heterocycles. The second kappa shape index (κ2) is 5.51. The molecular weight excluding hydrogens is 250 g/mol. The van der Waals surface area contributed by atoms with E-state index < -0.39 is 23.9 Å². The minimum Gasteiger partial charge on any atom is -0.480 e. The number of nitrogens with one attached hydrogen (secondary N) is 1. The van der Waals surface area contributed by atoms with Crippen molar-refractivity contribution in [1.29, 1.82) is 0 Å². The van der Waals surface area contributed by atoms with E-state index in [1.165, 1.54) is 6.92 Å². The standard InChI is InChI=1S/C13H15NO5/c1-6-4-5-7(2)10(13(18)19)9(6)11(15)14-8(3)12(16)17/h4-5,8H,1-3H3,(H,14,15)(H,16,17)(H,18,19). The van der Waals surface area contributed by atoms with Crippen LogP contribution >= 0.6 is 0 Å². The number of hydrogen-bond donors (Lipinski definition) is 3. The molecule has 0 saturated carbocycles. The molecule has 0 bridgehead atoms. The Balaban J connectivity index is 3.26. The van der Waals surface area contributed by atoms with Crippen molar-refractivity contribution in [3.05, 3.63) is 34.4 Å². The zero-order valence-corrected chi connectivity index (χ0v) is 10.9. The number of aliphatic carboxylic acids is 1. The third kappa shape index (κ3) is 3.09. The third-order valence-corrected chi connectivity index (χ3v) is 2.78. The summed E-state index contributed by atoms with van der Waals surface area (Å²) in [4.78, 5) is 33.9. The summed E-state index contributed by atoms with van der Waals surface area (Å²) in [6.07, 6.45) is 0. The number of aromatic carboxylic acids is 1. The predicted molar refractivity (Wildman–Crippen MR) is 67.4 cm³/mol. The van der Waals surface area contributed by atoms with Crippen molar-refractivity contribution >= 4 is 17.8 Å². The minimum atomic E-state index is -1.21. The average Bonchev–Trinajstić information content (AvgIpc) is 2.30. The van der Waals surface area contributed by atoms with Gasteiger partial charge in [-0.1, -0.05) is 12.1 Å². The Kier molecular flexibility index (Phi) is 4.26. The molecule has 0 spiro atoms. The number of aryl methyl sites for hydroxylation is 2. The summed E-state index contributed by atoms with van der Waals surface area (Å²) in [6, 6.07) is 2.15. The summed E-state index contributed by atoms with van der Waals surface area (Å²) >= 11 is 0. The van der Waals surface area contributed by atoms with E-state index in [1.54, 1.807) is 26.0 Å². The molecule has 0 aliphatic carbocycles. The van der Waals surface area contributed by atoms with Gasteiger partial charge in [-0.2, -0.15) is 0 Å². The Labute approximate surface area is 110 Å². The fraction of sp³-hybridized carbons (Fsp3) is 0.308. The largest absolute Gasteiger partial charge is 0.480 e. The summed E-state index contributed by atoms with van der Waals surface area (Å²) in [5.41, 5.74) is 0.833. The summed E-state index contributed by atoms with van der Waals surface area (Å²) in [6.45, 7) is 4.50. The molecule has 6 nitrogen and oxygen atoms in total. The maximum Gasteiger partial charge on any atom is 0.336 e. The molecule has 0 aromatic heterocycles. The summed E-state index contributed by atoms with van der Waals surface area (Å²) < 4.78 is 0. The number of carbonyl (C=O) groups is 3. The number of carbonyl (C=O) groups excluding carboxylic acids is 1. The first kappa shape index (κ1) is 14.7. The Bertz CT molecular complexity index is 550. The van der Waals surface area contributed by atoms with E-state index in [9.17, 15) is 14.4 Å². The molecule has 0 aliphatic heterocycles. The van der Waals surface area contributed by atoms with Gasteiger partial charge in [0.25, 0.3) is 5.91 Å². The fourth-order valence-electron chi connectivity index (χ4n) is 1.71. The topological polar surface area (TPSA) is 104 Å². The van der Waals surface area contributed by atoms with Crippen LogP contribution < -0.4 is 5.32 Å². The number of rotatable bonds is 4. The molecule has 6 heteroatoms. The zero-order valence-electron chi connectivity index (χ0n) is 10.9. The number of carboxylic acid groups (broad SMARTS) is 2. The highest BCUT2D eigenvalue weighted by Crippen LogP contribution is 2.19. The van der Waals surface area contributed by atoms with E-state index in [0.717, 1.165) is 0 Å². The van der Waals surface area contributed by atoms with Crippen molar-refractivity contribution in [3.63, 3.8) is 0 Å². The first-order chi connectivity index (χ1) is 8.75. The average molecular weight is 265 g/mol. The van der Waals surface area contributed by atoms with E-state index in [4.69, 9.17) is 10.2 Å². The zero-order chi connectivity index (χ0) is 14.7. The van der Waals surface area contributed by atoms with Crippen LogP contribution in [0.3, 0.4) is 0 Å². The van der Waals surface area contributed by atoms with Gasteiger partial charge in [-0.15, -0.1) is 0 Å². The van der Waals surface area contributed by atoms with Crippen molar-refractivity contribution < 1.29 is 24.6 Å². The molecule has 1 aromatic rings. The van der Waals surface area contributed by atoms with Crippen molar-refractivity contribution in [2.24, 2.45) is 0 Å². The lowest BCUT2D eigenvalue weighted by molar-refractivity contribution is -0.138. The van der Waals surface area contributed by atoms with E-state index in [2.05, 4.69) is 5.32 Å². The second-order valence-electron chi connectivity index (χ2n) is 4.29. The lowest BCUT2D eigenvalue weighted by Crippen LogP contribution is -2.39. The first-order valence-corrected chi connectivity index (χ1v) is 5.62. The van der Waals surface area contributed by atoms with E-state index in [1.807, 2.05) is 0 Å². The van der Waals surface area contributed by atoms with Crippen LogP contribution in [-0.2, 0) is 4.79 Å². The number of amides is 1. The lowest BCUT2D eigenvalue weighted by atomic mass is 9.96. The van der Waals surface area contributed by atoms with Gasteiger partial charge in [0.15, 0.2) is 0 Å². The normalized spacial score (nSPS) is 11.7. The van der Waals surface area contributed by atoms with Crippen LogP contribution in [0.5, 0.6) is 0 Å². The molecule has 102 valence electrons. The Morgan fingerprint density at radius 1 is 1.05 bits per heavy atom. The van der Waals surface area contributed by atoms with Crippen LogP contribution in [0.4, 0.5) is 0 Å². The van der Waals surface area contributed by atoms with Gasteiger partial charge in [0.05, 0.1) is 11.1 Å². The van der Waals surface area contributed by atoms with Crippen LogP contribution in [-0.4, -0.2) is 34.1 Å². The van der Waals surface area contributed by atoms with Gasteiger partial charge in [0.1, 0.15) is 6.04 Å².